The highest BCUT2D eigenvalue weighted by atomic mass is 19.1. The fraction of sp³-hybridized carbons (Fsp3) is 0.0667. The zero-order valence-electron chi connectivity index (χ0n) is 10.8. The minimum Gasteiger partial charge on any atom is -0.325 e. The summed E-state index contributed by atoms with van der Waals surface area (Å²) in [4.78, 5) is 23.6. The van der Waals surface area contributed by atoms with E-state index in [0.717, 1.165) is 12.1 Å². The van der Waals surface area contributed by atoms with Gasteiger partial charge in [-0.3, -0.25) is 9.59 Å². The number of nitrogens with zero attached hydrogens (tertiary/aromatic N) is 1. The van der Waals surface area contributed by atoms with Gasteiger partial charge in [0.25, 0.3) is 0 Å². The Kier molecular flexibility index (Phi) is 3.13. The fourth-order valence-electron chi connectivity index (χ4n) is 2.34. The number of anilines is 3. The summed E-state index contributed by atoms with van der Waals surface area (Å²) in [6.45, 7) is -0.203. The number of para-hydroxylation sites is 2. The van der Waals surface area contributed by atoms with E-state index in [1.165, 1.54) is 4.90 Å². The van der Waals surface area contributed by atoms with E-state index in [1.54, 1.807) is 24.3 Å². The van der Waals surface area contributed by atoms with Crippen LogP contribution in [0.2, 0.25) is 0 Å². The first-order chi connectivity index (χ1) is 10.1. The first-order valence-corrected chi connectivity index (χ1v) is 6.21. The topological polar surface area (TPSA) is 49.4 Å². The van der Waals surface area contributed by atoms with Gasteiger partial charge in [-0.15, -0.1) is 0 Å². The van der Waals surface area contributed by atoms with Crippen molar-refractivity contribution in [2.45, 2.75) is 0 Å². The second kappa shape index (κ2) is 4.97. The highest BCUT2D eigenvalue weighted by Gasteiger charge is 2.27. The Bertz CT molecular complexity index is 723. The van der Waals surface area contributed by atoms with Crippen molar-refractivity contribution in [3.05, 3.63) is 53.6 Å². The third kappa shape index (κ3) is 2.24. The molecule has 106 valence electrons. The average Bonchev–Trinajstić information content (AvgIpc) is 2.46. The lowest BCUT2D eigenvalue weighted by molar-refractivity contribution is -0.115. The summed E-state index contributed by atoms with van der Waals surface area (Å²) in [6, 6.07) is 8.61. The molecule has 1 aliphatic rings. The molecule has 3 rings (SSSR count). The normalized spacial score (nSPS) is 13.6. The Hall–Kier alpha value is -2.76. The second-order valence-electron chi connectivity index (χ2n) is 4.60. The number of hydrogen-bond acceptors (Lipinski definition) is 3. The lowest BCUT2D eigenvalue weighted by atomic mass is 10.1. The molecule has 2 aromatic rings. The molecule has 1 aliphatic heterocycles. The van der Waals surface area contributed by atoms with Crippen molar-refractivity contribution in [3.63, 3.8) is 0 Å². The summed E-state index contributed by atoms with van der Waals surface area (Å²) < 4.78 is 28.3. The smallest absolute Gasteiger partial charge is 0.244 e. The van der Waals surface area contributed by atoms with Crippen LogP contribution in [0.5, 0.6) is 0 Å². The van der Waals surface area contributed by atoms with Gasteiger partial charge < -0.3 is 10.2 Å². The van der Waals surface area contributed by atoms with Crippen molar-refractivity contribution in [2.24, 2.45) is 0 Å². The molecule has 0 saturated heterocycles. The van der Waals surface area contributed by atoms with E-state index in [9.17, 15) is 18.4 Å². The van der Waals surface area contributed by atoms with Gasteiger partial charge in [0.2, 0.25) is 5.91 Å². The van der Waals surface area contributed by atoms with Crippen LogP contribution in [0.3, 0.4) is 0 Å². The molecule has 0 aromatic heterocycles. The van der Waals surface area contributed by atoms with Crippen molar-refractivity contribution >= 4 is 29.3 Å². The molecule has 0 saturated carbocycles. The predicted octanol–water partition coefficient (Wildman–Crippen LogP) is 2.87. The molecule has 0 fully saturated rings. The van der Waals surface area contributed by atoms with Gasteiger partial charge in [-0.1, -0.05) is 12.1 Å². The van der Waals surface area contributed by atoms with Crippen LogP contribution in [0.15, 0.2) is 36.4 Å². The van der Waals surface area contributed by atoms with Crippen LogP contribution >= 0.6 is 0 Å². The minimum atomic E-state index is -0.887. The summed E-state index contributed by atoms with van der Waals surface area (Å²) in [6.07, 6.45) is 0.368. The predicted molar refractivity (Wildman–Crippen MR) is 73.8 cm³/mol. The number of carbonyl (C=O) groups is 2. The van der Waals surface area contributed by atoms with Gasteiger partial charge in [0.05, 0.1) is 11.4 Å². The molecular weight excluding hydrogens is 278 g/mol. The monoisotopic (exact) mass is 288 g/mol. The fourth-order valence-corrected chi connectivity index (χ4v) is 2.34. The highest BCUT2D eigenvalue weighted by Crippen LogP contribution is 2.37. The first kappa shape index (κ1) is 13.2. The molecular formula is C15H10F2N2O2. The Labute approximate surface area is 119 Å². The zero-order valence-corrected chi connectivity index (χ0v) is 10.8. The third-order valence-electron chi connectivity index (χ3n) is 3.22. The maximum Gasteiger partial charge on any atom is 0.244 e. The van der Waals surface area contributed by atoms with Gasteiger partial charge in [0.15, 0.2) is 11.6 Å². The largest absolute Gasteiger partial charge is 0.325 e. The van der Waals surface area contributed by atoms with Gasteiger partial charge in [-0.25, -0.2) is 8.78 Å². The van der Waals surface area contributed by atoms with Crippen LogP contribution in [0.25, 0.3) is 0 Å². The Morgan fingerprint density at radius 2 is 1.81 bits per heavy atom. The number of amides is 1. The maximum atomic E-state index is 14.1. The standard InChI is InChI=1S/C15H10F2N2O2/c16-10-5-9(8-20)6-11(17)15(10)19-7-14(21)18-12-3-1-2-4-13(12)19/h1-6,8H,7H2,(H,18,21). The van der Waals surface area contributed by atoms with Gasteiger partial charge in [0.1, 0.15) is 18.5 Å². The molecule has 1 heterocycles. The number of halogens is 2. The van der Waals surface area contributed by atoms with Crippen molar-refractivity contribution in [2.75, 3.05) is 16.8 Å². The molecule has 0 unspecified atom stereocenters. The molecule has 0 bridgehead atoms. The van der Waals surface area contributed by atoms with Gasteiger partial charge >= 0.3 is 0 Å². The number of benzene rings is 2. The number of hydrogen-bond donors (Lipinski definition) is 1. The lowest BCUT2D eigenvalue weighted by Gasteiger charge is -2.31. The Balaban J connectivity index is 2.17. The van der Waals surface area contributed by atoms with Crippen LogP contribution in [-0.4, -0.2) is 18.7 Å². The molecule has 4 nitrogen and oxygen atoms in total. The van der Waals surface area contributed by atoms with E-state index in [0.29, 0.717) is 17.7 Å². The van der Waals surface area contributed by atoms with Crippen molar-refractivity contribution in [1.82, 2.24) is 0 Å². The molecule has 1 N–H and O–H groups in total. The molecule has 0 spiro atoms. The summed E-state index contributed by atoms with van der Waals surface area (Å²) in [5.74, 6) is -2.14. The quantitative estimate of drug-likeness (QED) is 0.864. The molecule has 6 heteroatoms. The number of nitrogens with one attached hydrogen (secondary N) is 1. The highest BCUT2D eigenvalue weighted by molar-refractivity contribution is 6.03. The number of fused-ring (bicyclic) bond motifs is 1. The van der Waals surface area contributed by atoms with Gasteiger partial charge in [-0.2, -0.15) is 0 Å². The van der Waals surface area contributed by atoms with Crippen LogP contribution in [0.4, 0.5) is 25.8 Å². The van der Waals surface area contributed by atoms with E-state index >= 15 is 0 Å². The zero-order chi connectivity index (χ0) is 15.0. The summed E-state index contributed by atoms with van der Waals surface area (Å²) in [5.41, 5.74) is 0.534. The second-order valence-corrected chi connectivity index (χ2v) is 4.60. The van der Waals surface area contributed by atoms with E-state index < -0.39 is 11.6 Å². The number of aldehydes is 1. The molecule has 0 radical (unpaired) electrons. The van der Waals surface area contributed by atoms with Gasteiger partial charge in [-0.05, 0) is 24.3 Å². The molecule has 2 aromatic carbocycles. The average molecular weight is 288 g/mol. The Morgan fingerprint density at radius 3 is 2.48 bits per heavy atom. The van der Waals surface area contributed by atoms with Crippen LogP contribution in [0, 0.1) is 11.6 Å². The van der Waals surface area contributed by atoms with E-state index in [4.69, 9.17) is 0 Å². The first-order valence-electron chi connectivity index (χ1n) is 6.21. The third-order valence-corrected chi connectivity index (χ3v) is 3.22. The number of rotatable bonds is 2. The summed E-state index contributed by atoms with van der Waals surface area (Å²) in [7, 11) is 0. The van der Waals surface area contributed by atoms with Crippen LogP contribution < -0.4 is 10.2 Å². The van der Waals surface area contributed by atoms with E-state index in [2.05, 4.69) is 5.32 Å². The summed E-state index contributed by atoms with van der Waals surface area (Å²) >= 11 is 0. The molecule has 0 aliphatic carbocycles. The van der Waals surface area contributed by atoms with E-state index in [1.807, 2.05) is 0 Å². The van der Waals surface area contributed by atoms with Crippen LogP contribution in [-0.2, 0) is 4.79 Å². The van der Waals surface area contributed by atoms with Crippen molar-refractivity contribution in [3.8, 4) is 0 Å². The maximum absolute atomic E-state index is 14.1. The molecule has 0 atom stereocenters. The lowest BCUT2D eigenvalue weighted by Crippen LogP contribution is -2.36. The summed E-state index contributed by atoms with van der Waals surface area (Å²) in [5, 5.41) is 2.64. The SMILES string of the molecule is O=Cc1cc(F)c(N2CC(=O)Nc3ccccc32)c(F)c1. The molecule has 1 amide bonds. The number of carbonyl (C=O) groups excluding carboxylic acids is 2. The van der Waals surface area contributed by atoms with Crippen LogP contribution in [0.1, 0.15) is 10.4 Å². The van der Waals surface area contributed by atoms with Gasteiger partial charge in [0, 0.05) is 5.56 Å². The van der Waals surface area contributed by atoms with E-state index in [-0.39, 0.29) is 23.7 Å². The Morgan fingerprint density at radius 1 is 1.14 bits per heavy atom. The van der Waals surface area contributed by atoms with Crippen molar-refractivity contribution in [1.29, 1.82) is 0 Å². The molecule has 21 heavy (non-hydrogen) atoms. The van der Waals surface area contributed by atoms with Crippen molar-refractivity contribution < 1.29 is 18.4 Å². The minimum absolute atomic E-state index is 0.0940.